The van der Waals surface area contributed by atoms with Gasteiger partial charge in [0.1, 0.15) is 0 Å². The van der Waals surface area contributed by atoms with Crippen LogP contribution in [0.3, 0.4) is 0 Å². The lowest BCUT2D eigenvalue weighted by molar-refractivity contribution is 0.226. The van der Waals surface area contributed by atoms with Gasteiger partial charge in [-0.05, 0) is 11.8 Å². The first-order chi connectivity index (χ1) is 4.74. The molecule has 0 spiro atoms. The summed E-state index contributed by atoms with van der Waals surface area (Å²) in [6, 6.07) is 0. The van der Waals surface area contributed by atoms with Crippen molar-refractivity contribution in [1.29, 1.82) is 0 Å². The Hall–Kier alpha value is 0. The Morgan fingerprint density at radius 2 is 1.20 bits per heavy atom. The molecule has 0 bridgehead atoms. The van der Waals surface area contributed by atoms with Gasteiger partial charge in [0.2, 0.25) is 0 Å². The van der Waals surface area contributed by atoms with Crippen LogP contribution in [0.25, 0.3) is 0 Å². The summed E-state index contributed by atoms with van der Waals surface area (Å²) in [6.07, 6.45) is 6.82. The van der Waals surface area contributed by atoms with Crippen LogP contribution in [-0.4, -0.2) is 0 Å². The summed E-state index contributed by atoms with van der Waals surface area (Å²) >= 11 is 0. The van der Waals surface area contributed by atoms with Crippen LogP contribution in [-0.2, 0) is 0 Å². The molecule has 0 amide bonds. The molecule has 0 saturated heterocycles. The predicted molar refractivity (Wildman–Crippen MR) is 48.2 cm³/mol. The van der Waals surface area contributed by atoms with Gasteiger partial charge in [0.15, 0.2) is 0 Å². The molecule has 0 aromatic heterocycles. The summed E-state index contributed by atoms with van der Waals surface area (Å²) in [5.74, 6) is 0. The molecule has 0 heterocycles. The van der Waals surface area contributed by atoms with Crippen molar-refractivity contribution >= 4 is 0 Å². The van der Waals surface area contributed by atoms with Crippen LogP contribution in [0.4, 0.5) is 0 Å². The molecule has 0 aromatic carbocycles. The van der Waals surface area contributed by atoms with Gasteiger partial charge in [0.05, 0.1) is 0 Å². The fourth-order valence-electron chi connectivity index (χ4n) is 1.81. The van der Waals surface area contributed by atoms with E-state index in [1.165, 1.54) is 32.1 Å². The van der Waals surface area contributed by atoms with E-state index in [0.29, 0.717) is 5.41 Å². The predicted octanol–water partition coefficient (Wildman–Crippen LogP) is 4.00. The Bertz CT molecular complexity index is 61.8. The van der Waals surface area contributed by atoms with E-state index in [9.17, 15) is 0 Å². The minimum absolute atomic E-state index is 0.675. The average Bonchev–Trinajstić information content (AvgIpc) is 2.01. The third-order valence-electron chi connectivity index (χ3n) is 3.03. The van der Waals surface area contributed by atoms with Crippen molar-refractivity contribution in [2.75, 3.05) is 0 Å². The monoisotopic (exact) mass is 142 g/mol. The van der Waals surface area contributed by atoms with Crippen LogP contribution in [0.5, 0.6) is 0 Å². The maximum absolute atomic E-state index is 2.32. The van der Waals surface area contributed by atoms with Crippen molar-refractivity contribution in [1.82, 2.24) is 0 Å². The van der Waals surface area contributed by atoms with Crippen LogP contribution in [0, 0.1) is 5.41 Å². The summed E-state index contributed by atoms with van der Waals surface area (Å²) in [5.41, 5.74) is 0.675. The van der Waals surface area contributed by atoms with Gasteiger partial charge >= 0.3 is 0 Å². The first-order valence-corrected chi connectivity index (χ1v) is 4.74. The standard InChI is InChI=1S/C10H22/c1-5-9-10(6-2,7-3)8-4/h5-9H2,1-4H3. The normalized spacial score (nSPS) is 12.0. The van der Waals surface area contributed by atoms with Gasteiger partial charge in [-0.25, -0.2) is 0 Å². The van der Waals surface area contributed by atoms with Crippen molar-refractivity contribution in [3.8, 4) is 0 Å². The maximum Gasteiger partial charge on any atom is -0.0305 e. The van der Waals surface area contributed by atoms with Crippen LogP contribution >= 0.6 is 0 Å². The van der Waals surface area contributed by atoms with E-state index in [1.54, 1.807) is 0 Å². The lowest BCUT2D eigenvalue weighted by Crippen LogP contribution is -2.16. The highest BCUT2D eigenvalue weighted by molar-refractivity contribution is 4.73. The number of hydrogen-bond donors (Lipinski definition) is 0. The van der Waals surface area contributed by atoms with Crippen molar-refractivity contribution in [2.24, 2.45) is 5.41 Å². The van der Waals surface area contributed by atoms with Crippen LogP contribution in [0.15, 0.2) is 0 Å². The minimum atomic E-state index is 0.675. The molecular formula is C10H22. The van der Waals surface area contributed by atoms with Crippen LogP contribution < -0.4 is 0 Å². The topological polar surface area (TPSA) is 0 Å². The molecule has 0 radical (unpaired) electrons. The molecule has 0 unspecified atom stereocenters. The number of hydrogen-bond acceptors (Lipinski definition) is 0. The van der Waals surface area contributed by atoms with Gasteiger partial charge < -0.3 is 0 Å². The van der Waals surface area contributed by atoms with E-state index in [0.717, 1.165) is 0 Å². The summed E-state index contributed by atoms with van der Waals surface area (Å²) < 4.78 is 0. The van der Waals surface area contributed by atoms with Gasteiger partial charge in [-0.1, -0.05) is 53.4 Å². The third kappa shape index (κ3) is 2.32. The fourth-order valence-corrected chi connectivity index (χ4v) is 1.81. The quantitative estimate of drug-likeness (QED) is 0.544. The molecular weight excluding hydrogens is 120 g/mol. The molecule has 0 saturated carbocycles. The summed E-state index contributed by atoms with van der Waals surface area (Å²) in [6.45, 7) is 9.25. The molecule has 0 fully saturated rings. The van der Waals surface area contributed by atoms with Gasteiger partial charge in [-0.3, -0.25) is 0 Å². The highest BCUT2D eigenvalue weighted by Gasteiger charge is 2.21. The molecule has 0 N–H and O–H groups in total. The van der Waals surface area contributed by atoms with Gasteiger partial charge in [-0.15, -0.1) is 0 Å². The first-order valence-electron chi connectivity index (χ1n) is 4.74. The Labute approximate surface area is 66.0 Å². The largest absolute Gasteiger partial charge is 0.0654 e. The van der Waals surface area contributed by atoms with Crippen LogP contribution in [0.1, 0.15) is 59.8 Å². The highest BCUT2D eigenvalue weighted by Crippen LogP contribution is 2.34. The molecule has 0 aliphatic rings. The fraction of sp³-hybridized carbons (Fsp3) is 1.00. The third-order valence-corrected chi connectivity index (χ3v) is 3.03. The summed E-state index contributed by atoms with van der Waals surface area (Å²) in [4.78, 5) is 0. The second kappa shape index (κ2) is 4.76. The molecule has 0 nitrogen and oxygen atoms in total. The zero-order valence-electron chi connectivity index (χ0n) is 8.04. The molecule has 10 heavy (non-hydrogen) atoms. The van der Waals surface area contributed by atoms with Crippen molar-refractivity contribution in [3.05, 3.63) is 0 Å². The SMILES string of the molecule is CCCC(CC)(CC)CC. The van der Waals surface area contributed by atoms with Crippen LogP contribution in [0.2, 0.25) is 0 Å². The smallest absolute Gasteiger partial charge is 0.0305 e. The molecule has 0 atom stereocenters. The summed E-state index contributed by atoms with van der Waals surface area (Å²) in [5, 5.41) is 0. The highest BCUT2D eigenvalue weighted by atomic mass is 14.3. The zero-order valence-corrected chi connectivity index (χ0v) is 8.04. The van der Waals surface area contributed by atoms with E-state index in [1.807, 2.05) is 0 Å². The van der Waals surface area contributed by atoms with E-state index in [-0.39, 0.29) is 0 Å². The molecule has 0 aliphatic heterocycles. The lowest BCUT2D eigenvalue weighted by Gasteiger charge is -2.29. The van der Waals surface area contributed by atoms with Crippen molar-refractivity contribution < 1.29 is 0 Å². The maximum atomic E-state index is 2.32. The molecule has 0 rings (SSSR count). The van der Waals surface area contributed by atoms with E-state index in [4.69, 9.17) is 0 Å². The Morgan fingerprint density at radius 3 is 1.30 bits per heavy atom. The van der Waals surface area contributed by atoms with E-state index >= 15 is 0 Å². The Kier molecular flexibility index (Phi) is 4.76. The zero-order chi connectivity index (χ0) is 8.04. The Morgan fingerprint density at radius 1 is 0.800 bits per heavy atom. The molecule has 0 heteroatoms. The molecule has 0 aromatic rings. The van der Waals surface area contributed by atoms with E-state index in [2.05, 4.69) is 27.7 Å². The molecule has 0 aliphatic carbocycles. The average molecular weight is 142 g/mol. The second-order valence-corrected chi connectivity index (χ2v) is 3.31. The first kappa shape index (κ1) is 10.0. The van der Waals surface area contributed by atoms with Gasteiger partial charge in [0.25, 0.3) is 0 Å². The molecule has 62 valence electrons. The lowest BCUT2D eigenvalue weighted by atomic mass is 9.76. The van der Waals surface area contributed by atoms with Gasteiger partial charge in [0, 0.05) is 0 Å². The van der Waals surface area contributed by atoms with Crippen molar-refractivity contribution in [2.45, 2.75) is 59.8 Å². The number of rotatable bonds is 5. The van der Waals surface area contributed by atoms with Crippen molar-refractivity contribution in [3.63, 3.8) is 0 Å². The van der Waals surface area contributed by atoms with E-state index < -0.39 is 0 Å². The second-order valence-electron chi connectivity index (χ2n) is 3.31. The Balaban J connectivity index is 3.87. The van der Waals surface area contributed by atoms with Gasteiger partial charge in [-0.2, -0.15) is 0 Å². The summed E-state index contributed by atoms with van der Waals surface area (Å²) in [7, 11) is 0. The minimum Gasteiger partial charge on any atom is -0.0654 e.